The summed E-state index contributed by atoms with van der Waals surface area (Å²) >= 11 is 0. The van der Waals surface area contributed by atoms with Gasteiger partial charge in [0.15, 0.2) is 0 Å². The molecule has 0 spiro atoms. The number of hydrogen-bond acceptors (Lipinski definition) is 1. The van der Waals surface area contributed by atoms with Crippen LogP contribution >= 0.6 is 0 Å². The molecule has 1 aliphatic carbocycles. The molecule has 1 heteroatoms. The Hall–Kier alpha value is -1.11. The smallest absolute Gasteiger partial charge is 0.0777 e. The van der Waals surface area contributed by atoms with Crippen LogP contribution in [-0.4, -0.2) is 12.3 Å². The normalized spacial score (nSPS) is 25.3. The van der Waals surface area contributed by atoms with Crippen molar-refractivity contribution in [3.8, 4) is 0 Å². The van der Waals surface area contributed by atoms with Gasteiger partial charge >= 0.3 is 0 Å². The van der Waals surface area contributed by atoms with Crippen molar-refractivity contribution in [1.82, 2.24) is 0 Å². The van der Waals surface area contributed by atoms with Crippen LogP contribution in [0, 0.1) is 11.8 Å². The predicted octanol–water partition coefficient (Wildman–Crippen LogP) is 5.10. The molecule has 104 valence electrons. The number of hydrogen-bond donors (Lipinski definition) is 0. The lowest BCUT2D eigenvalue weighted by Gasteiger charge is -2.30. The predicted molar refractivity (Wildman–Crippen MR) is 84.7 cm³/mol. The fourth-order valence-corrected chi connectivity index (χ4v) is 3.37. The van der Waals surface area contributed by atoms with Gasteiger partial charge in [-0.25, -0.2) is 0 Å². The Balaban J connectivity index is 2.30. The van der Waals surface area contributed by atoms with Gasteiger partial charge < -0.3 is 0 Å². The third-order valence-electron chi connectivity index (χ3n) is 4.34. The van der Waals surface area contributed by atoms with Crippen molar-refractivity contribution in [2.45, 2.75) is 58.9 Å². The molecule has 2 rings (SSSR count). The van der Waals surface area contributed by atoms with Crippen LogP contribution in [0.2, 0.25) is 0 Å². The zero-order chi connectivity index (χ0) is 13.8. The molecular weight excluding hydrogens is 230 g/mol. The van der Waals surface area contributed by atoms with E-state index in [0.29, 0.717) is 17.9 Å². The minimum atomic E-state index is 0.422. The molecule has 0 saturated carbocycles. The molecule has 0 amide bonds. The van der Waals surface area contributed by atoms with E-state index in [1.54, 1.807) is 5.57 Å². The van der Waals surface area contributed by atoms with Crippen molar-refractivity contribution in [2.75, 3.05) is 0 Å². The molecule has 2 aliphatic rings. The van der Waals surface area contributed by atoms with Gasteiger partial charge in [-0.2, -0.15) is 0 Å². The molecular formula is C18H27N. The molecule has 0 aromatic heterocycles. The van der Waals surface area contributed by atoms with Crippen molar-refractivity contribution < 1.29 is 0 Å². The third-order valence-corrected chi connectivity index (χ3v) is 4.34. The second-order valence-corrected chi connectivity index (χ2v) is 6.00. The third kappa shape index (κ3) is 3.08. The van der Waals surface area contributed by atoms with Crippen molar-refractivity contribution in [3.05, 3.63) is 35.5 Å². The minimum Gasteiger partial charge on any atom is -0.289 e. The Kier molecular flexibility index (Phi) is 4.79. The highest BCUT2D eigenvalue weighted by molar-refractivity contribution is 5.64. The number of aliphatic imine (C=N–C) groups is 1. The maximum Gasteiger partial charge on any atom is 0.0777 e. The first-order chi connectivity index (χ1) is 9.17. The van der Waals surface area contributed by atoms with Gasteiger partial charge in [-0.15, -0.1) is 0 Å². The van der Waals surface area contributed by atoms with Crippen molar-refractivity contribution >= 4 is 6.21 Å². The molecule has 0 saturated heterocycles. The topological polar surface area (TPSA) is 12.4 Å². The fourth-order valence-electron chi connectivity index (χ4n) is 3.37. The summed E-state index contributed by atoms with van der Waals surface area (Å²) in [6, 6.07) is 0.422. The van der Waals surface area contributed by atoms with E-state index in [-0.39, 0.29) is 0 Å². The summed E-state index contributed by atoms with van der Waals surface area (Å²) < 4.78 is 0. The quantitative estimate of drug-likeness (QED) is 0.627. The summed E-state index contributed by atoms with van der Waals surface area (Å²) in [4.78, 5) is 4.75. The Morgan fingerprint density at radius 2 is 2.05 bits per heavy atom. The van der Waals surface area contributed by atoms with Crippen molar-refractivity contribution in [3.63, 3.8) is 0 Å². The first kappa shape index (κ1) is 14.3. The highest BCUT2D eigenvalue weighted by Gasteiger charge is 2.32. The van der Waals surface area contributed by atoms with Gasteiger partial charge in [0.05, 0.1) is 6.04 Å². The average molecular weight is 257 g/mol. The van der Waals surface area contributed by atoms with Gasteiger partial charge in [0.25, 0.3) is 0 Å². The molecule has 0 N–H and O–H groups in total. The van der Waals surface area contributed by atoms with E-state index in [1.165, 1.54) is 36.8 Å². The molecule has 19 heavy (non-hydrogen) atoms. The summed E-state index contributed by atoms with van der Waals surface area (Å²) in [6.07, 6.45) is 13.1. The van der Waals surface area contributed by atoms with Crippen LogP contribution < -0.4 is 0 Å². The molecule has 2 unspecified atom stereocenters. The molecule has 0 aromatic carbocycles. The van der Waals surface area contributed by atoms with Crippen LogP contribution in [0.1, 0.15) is 52.9 Å². The molecule has 0 fully saturated rings. The Bertz CT molecular complexity index is 419. The molecule has 1 heterocycles. The van der Waals surface area contributed by atoms with Gasteiger partial charge in [-0.3, -0.25) is 4.99 Å². The standard InChI is InChI=1S/C18H27N/c1-5-7-14(8-6-2)17-12-16(13(3)4)11-15-9-10-19-18(15)17/h10-12,14-15,18H,3,5-9H2,1-2,4H3. The Labute approximate surface area is 118 Å². The van der Waals surface area contributed by atoms with Gasteiger partial charge in [-0.05, 0) is 43.3 Å². The van der Waals surface area contributed by atoms with E-state index in [2.05, 4.69) is 45.7 Å². The number of fused-ring (bicyclic) bond motifs is 1. The zero-order valence-corrected chi connectivity index (χ0v) is 12.7. The van der Waals surface area contributed by atoms with E-state index >= 15 is 0 Å². The first-order valence-electron chi connectivity index (χ1n) is 7.78. The first-order valence-corrected chi connectivity index (χ1v) is 7.78. The zero-order valence-electron chi connectivity index (χ0n) is 12.7. The van der Waals surface area contributed by atoms with Crippen LogP contribution in [0.15, 0.2) is 40.4 Å². The fraction of sp³-hybridized carbons (Fsp3) is 0.611. The molecule has 0 bridgehead atoms. The van der Waals surface area contributed by atoms with Crippen LogP contribution in [0.5, 0.6) is 0 Å². The summed E-state index contributed by atoms with van der Waals surface area (Å²) in [5, 5.41) is 0. The lowest BCUT2D eigenvalue weighted by Crippen LogP contribution is -2.24. The number of rotatable bonds is 6. The van der Waals surface area contributed by atoms with E-state index in [4.69, 9.17) is 4.99 Å². The molecule has 0 aromatic rings. The van der Waals surface area contributed by atoms with Crippen molar-refractivity contribution in [2.24, 2.45) is 16.8 Å². The minimum absolute atomic E-state index is 0.422. The van der Waals surface area contributed by atoms with E-state index in [0.717, 1.165) is 6.42 Å². The summed E-state index contributed by atoms with van der Waals surface area (Å²) in [7, 11) is 0. The van der Waals surface area contributed by atoms with Crippen LogP contribution in [0.25, 0.3) is 0 Å². The van der Waals surface area contributed by atoms with Gasteiger partial charge in [0, 0.05) is 12.1 Å². The van der Waals surface area contributed by atoms with Crippen molar-refractivity contribution in [1.29, 1.82) is 0 Å². The van der Waals surface area contributed by atoms with Crippen LogP contribution in [0.3, 0.4) is 0 Å². The summed E-state index contributed by atoms with van der Waals surface area (Å²) in [5.41, 5.74) is 4.11. The second-order valence-electron chi connectivity index (χ2n) is 6.00. The maximum atomic E-state index is 4.75. The lowest BCUT2D eigenvalue weighted by atomic mass is 9.76. The summed E-state index contributed by atoms with van der Waals surface area (Å²) in [5.74, 6) is 1.30. The number of nitrogens with zero attached hydrogens (tertiary/aromatic N) is 1. The van der Waals surface area contributed by atoms with Gasteiger partial charge in [0.2, 0.25) is 0 Å². The summed E-state index contributed by atoms with van der Waals surface area (Å²) in [6.45, 7) is 10.8. The van der Waals surface area contributed by atoms with E-state index in [1.807, 2.05) is 0 Å². The Morgan fingerprint density at radius 3 is 2.63 bits per heavy atom. The van der Waals surface area contributed by atoms with E-state index in [9.17, 15) is 0 Å². The van der Waals surface area contributed by atoms with Crippen LogP contribution in [-0.2, 0) is 0 Å². The SMILES string of the molecule is C=C(C)C1=CC2CC=NC2C(C(CCC)CCC)=C1. The Morgan fingerprint density at radius 1 is 1.37 bits per heavy atom. The van der Waals surface area contributed by atoms with Crippen LogP contribution in [0.4, 0.5) is 0 Å². The molecule has 0 radical (unpaired) electrons. The highest BCUT2D eigenvalue weighted by atomic mass is 14.8. The molecule has 2 atom stereocenters. The highest BCUT2D eigenvalue weighted by Crippen LogP contribution is 2.39. The number of allylic oxidation sites excluding steroid dienone is 3. The van der Waals surface area contributed by atoms with Gasteiger partial charge in [-0.1, -0.05) is 51.0 Å². The second kappa shape index (κ2) is 6.36. The van der Waals surface area contributed by atoms with E-state index < -0.39 is 0 Å². The average Bonchev–Trinajstić information content (AvgIpc) is 2.85. The largest absolute Gasteiger partial charge is 0.289 e. The maximum absolute atomic E-state index is 4.75. The molecule has 1 aliphatic heterocycles. The molecule has 1 nitrogen and oxygen atoms in total. The lowest BCUT2D eigenvalue weighted by molar-refractivity contribution is 0.448. The monoisotopic (exact) mass is 257 g/mol. The van der Waals surface area contributed by atoms with Gasteiger partial charge in [0.1, 0.15) is 0 Å².